The summed E-state index contributed by atoms with van der Waals surface area (Å²) in [4.78, 5) is 12.3. The first kappa shape index (κ1) is 13.2. The Morgan fingerprint density at radius 3 is 2.62 bits per heavy atom. The van der Waals surface area contributed by atoms with Crippen molar-refractivity contribution in [2.45, 2.75) is 13.8 Å². The monoisotopic (exact) mass is 281 g/mol. The molecule has 1 aromatic heterocycles. The second-order valence-corrected chi connectivity index (χ2v) is 5.10. The maximum Gasteiger partial charge on any atom is 0.276 e. The highest BCUT2D eigenvalue weighted by molar-refractivity contribution is 6.11. The van der Waals surface area contributed by atoms with E-state index in [0.29, 0.717) is 11.4 Å². The number of carbonyl (C=O) groups excluding carboxylic acids is 1. The Labute approximate surface area is 121 Å². The summed E-state index contributed by atoms with van der Waals surface area (Å²) >= 11 is 0. The van der Waals surface area contributed by atoms with Gasteiger partial charge in [0.05, 0.1) is 11.2 Å². The van der Waals surface area contributed by atoms with Gasteiger partial charge in [-0.1, -0.05) is 17.7 Å². The molecule has 3 N–H and O–H groups in total. The van der Waals surface area contributed by atoms with Crippen molar-refractivity contribution < 1.29 is 9.90 Å². The minimum absolute atomic E-state index is 0.0411. The van der Waals surface area contributed by atoms with E-state index in [1.54, 1.807) is 12.1 Å². The zero-order valence-electron chi connectivity index (χ0n) is 11.8. The lowest BCUT2D eigenvalue weighted by atomic mass is 10.1. The summed E-state index contributed by atoms with van der Waals surface area (Å²) in [5, 5.41) is 20.2. The standard InChI is InChI=1S/C16H15N3O2/c1-9-3-5-12-11(7-9)15(19-18-12)16(21)17-13-6-4-10(2)8-14(13)20/h3-8,20H,1-2H3,(H,17,21)(H,18,19). The average Bonchev–Trinajstić information content (AvgIpc) is 2.85. The van der Waals surface area contributed by atoms with E-state index >= 15 is 0 Å². The molecule has 0 aliphatic carbocycles. The van der Waals surface area contributed by atoms with Crippen LogP contribution in [0.25, 0.3) is 10.9 Å². The number of phenols is 1. The van der Waals surface area contributed by atoms with Crippen molar-refractivity contribution >= 4 is 22.5 Å². The van der Waals surface area contributed by atoms with E-state index in [0.717, 1.165) is 22.0 Å². The molecule has 1 heterocycles. The normalized spacial score (nSPS) is 10.8. The number of aromatic nitrogens is 2. The lowest BCUT2D eigenvalue weighted by molar-refractivity contribution is 0.102. The first-order valence-electron chi connectivity index (χ1n) is 6.60. The van der Waals surface area contributed by atoms with E-state index < -0.39 is 0 Å². The quantitative estimate of drug-likeness (QED) is 0.631. The van der Waals surface area contributed by atoms with Crippen LogP contribution in [0.5, 0.6) is 5.75 Å². The molecular weight excluding hydrogens is 266 g/mol. The molecule has 5 nitrogen and oxygen atoms in total. The van der Waals surface area contributed by atoms with Crippen LogP contribution in [0.15, 0.2) is 36.4 Å². The number of phenolic OH excluding ortho intramolecular Hbond substituents is 1. The molecule has 0 bridgehead atoms. The summed E-state index contributed by atoms with van der Waals surface area (Å²) in [7, 11) is 0. The SMILES string of the molecule is Cc1ccc(NC(=O)c2n[nH]c3ccc(C)cc23)c(O)c1. The van der Waals surface area contributed by atoms with Gasteiger partial charge in [0.1, 0.15) is 5.75 Å². The van der Waals surface area contributed by atoms with Gasteiger partial charge < -0.3 is 10.4 Å². The van der Waals surface area contributed by atoms with Crippen molar-refractivity contribution in [3.05, 3.63) is 53.2 Å². The Hall–Kier alpha value is -2.82. The molecule has 3 aromatic rings. The van der Waals surface area contributed by atoms with Gasteiger partial charge in [0.15, 0.2) is 5.69 Å². The first-order valence-corrected chi connectivity index (χ1v) is 6.60. The third-order valence-electron chi connectivity index (χ3n) is 3.33. The third-order valence-corrected chi connectivity index (χ3v) is 3.33. The molecule has 2 aromatic carbocycles. The summed E-state index contributed by atoms with van der Waals surface area (Å²) < 4.78 is 0. The van der Waals surface area contributed by atoms with Gasteiger partial charge in [0, 0.05) is 5.39 Å². The van der Waals surface area contributed by atoms with E-state index in [2.05, 4.69) is 15.5 Å². The number of hydrogen-bond acceptors (Lipinski definition) is 3. The third kappa shape index (κ3) is 2.45. The van der Waals surface area contributed by atoms with E-state index in [1.807, 2.05) is 38.1 Å². The van der Waals surface area contributed by atoms with Crippen LogP contribution in [0.2, 0.25) is 0 Å². The fourth-order valence-electron chi connectivity index (χ4n) is 2.23. The largest absolute Gasteiger partial charge is 0.506 e. The molecule has 5 heteroatoms. The fraction of sp³-hybridized carbons (Fsp3) is 0.125. The van der Waals surface area contributed by atoms with Gasteiger partial charge in [-0.15, -0.1) is 0 Å². The number of aromatic amines is 1. The Morgan fingerprint density at radius 2 is 1.86 bits per heavy atom. The molecule has 1 amide bonds. The molecule has 0 aliphatic heterocycles. The molecule has 0 saturated heterocycles. The van der Waals surface area contributed by atoms with Crippen LogP contribution in [0, 0.1) is 13.8 Å². The predicted octanol–water partition coefficient (Wildman–Crippen LogP) is 3.14. The maximum absolute atomic E-state index is 12.3. The lowest BCUT2D eigenvalue weighted by Gasteiger charge is -2.06. The lowest BCUT2D eigenvalue weighted by Crippen LogP contribution is -2.13. The van der Waals surface area contributed by atoms with E-state index in [4.69, 9.17) is 0 Å². The molecule has 0 fully saturated rings. The number of aryl methyl sites for hydroxylation is 2. The topological polar surface area (TPSA) is 78.0 Å². The first-order chi connectivity index (χ1) is 10.0. The Kier molecular flexibility index (Phi) is 3.10. The number of rotatable bonds is 2. The van der Waals surface area contributed by atoms with Crippen molar-refractivity contribution in [1.82, 2.24) is 10.2 Å². The zero-order chi connectivity index (χ0) is 15.0. The van der Waals surface area contributed by atoms with Crippen LogP contribution in [0.4, 0.5) is 5.69 Å². The summed E-state index contributed by atoms with van der Waals surface area (Å²) in [5.41, 5.74) is 3.46. The zero-order valence-corrected chi connectivity index (χ0v) is 11.8. The van der Waals surface area contributed by atoms with Crippen LogP contribution in [0.3, 0.4) is 0 Å². The number of amides is 1. The summed E-state index contributed by atoms with van der Waals surface area (Å²) in [6.07, 6.45) is 0. The minimum Gasteiger partial charge on any atom is -0.506 e. The van der Waals surface area contributed by atoms with Gasteiger partial charge in [-0.2, -0.15) is 5.10 Å². The van der Waals surface area contributed by atoms with E-state index in [1.165, 1.54) is 0 Å². The molecule has 0 radical (unpaired) electrons. The molecule has 0 atom stereocenters. The molecular formula is C16H15N3O2. The van der Waals surface area contributed by atoms with Crippen molar-refractivity contribution in [1.29, 1.82) is 0 Å². The number of carbonyl (C=O) groups is 1. The van der Waals surface area contributed by atoms with Crippen LogP contribution >= 0.6 is 0 Å². The molecule has 0 aliphatic rings. The Bertz CT molecular complexity index is 837. The average molecular weight is 281 g/mol. The summed E-state index contributed by atoms with van der Waals surface area (Å²) in [6.45, 7) is 3.83. The number of nitrogens with zero attached hydrogens (tertiary/aromatic N) is 1. The Morgan fingerprint density at radius 1 is 1.14 bits per heavy atom. The molecule has 0 saturated carbocycles. The fourth-order valence-corrected chi connectivity index (χ4v) is 2.23. The smallest absolute Gasteiger partial charge is 0.276 e. The number of hydrogen-bond donors (Lipinski definition) is 3. The minimum atomic E-state index is -0.356. The Balaban J connectivity index is 1.95. The number of H-pyrrole nitrogens is 1. The van der Waals surface area contributed by atoms with Crippen molar-refractivity contribution in [2.24, 2.45) is 0 Å². The van der Waals surface area contributed by atoms with Gasteiger partial charge in [-0.25, -0.2) is 0 Å². The van der Waals surface area contributed by atoms with Crippen LogP contribution in [-0.4, -0.2) is 21.2 Å². The number of aromatic hydroxyl groups is 1. The number of anilines is 1. The van der Waals surface area contributed by atoms with Crippen molar-refractivity contribution in [3.63, 3.8) is 0 Å². The van der Waals surface area contributed by atoms with Gasteiger partial charge in [-0.3, -0.25) is 9.89 Å². The number of fused-ring (bicyclic) bond motifs is 1. The van der Waals surface area contributed by atoms with Crippen LogP contribution in [0.1, 0.15) is 21.6 Å². The molecule has 106 valence electrons. The van der Waals surface area contributed by atoms with Gasteiger partial charge in [-0.05, 0) is 43.7 Å². The molecule has 21 heavy (non-hydrogen) atoms. The van der Waals surface area contributed by atoms with Crippen LogP contribution < -0.4 is 5.32 Å². The molecule has 3 rings (SSSR count). The predicted molar refractivity (Wildman–Crippen MR) is 81.6 cm³/mol. The van der Waals surface area contributed by atoms with Gasteiger partial charge in [0.2, 0.25) is 0 Å². The maximum atomic E-state index is 12.3. The highest BCUT2D eigenvalue weighted by Crippen LogP contribution is 2.25. The van der Waals surface area contributed by atoms with Gasteiger partial charge >= 0.3 is 0 Å². The van der Waals surface area contributed by atoms with E-state index in [9.17, 15) is 9.90 Å². The highest BCUT2D eigenvalue weighted by Gasteiger charge is 2.15. The second kappa shape index (κ2) is 4.94. The molecule has 0 unspecified atom stereocenters. The summed E-state index contributed by atoms with van der Waals surface area (Å²) in [6, 6.07) is 10.8. The van der Waals surface area contributed by atoms with E-state index in [-0.39, 0.29) is 11.7 Å². The van der Waals surface area contributed by atoms with Crippen molar-refractivity contribution in [3.8, 4) is 5.75 Å². The number of benzene rings is 2. The molecule has 0 spiro atoms. The second-order valence-electron chi connectivity index (χ2n) is 5.10. The number of nitrogens with one attached hydrogen (secondary N) is 2. The van der Waals surface area contributed by atoms with Crippen molar-refractivity contribution in [2.75, 3.05) is 5.32 Å². The van der Waals surface area contributed by atoms with Gasteiger partial charge in [0.25, 0.3) is 5.91 Å². The van der Waals surface area contributed by atoms with Crippen LogP contribution in [-0.2, 0) is 0 Å². The highest BCUT2D eigenvalue weighted by atomic mass is 16.3. The summed E-state index contributed by atoms with van der Waals surface area (Å²) in [5.74, 6) is -0.314.